The van der Waals surface area contributed by atoms with Gasteiger partial charge in [-0.15, -0.1) is 0 Å². The third-order valence-electron chi connectivity index (χ3n) is 8.13. The first-order valence-electron chi connectivity index (χ1n) is 11.7. The van der Waals surface area contributed by atoms with Crippen LogP contribution in [0.3, 0.4) is 0 Å². The molecular weight excluding hydrogens is 396 g/mol. The molecule has 1 saturated heterocycles. The quantitative estimate of drug-likeness (QED) is 0.349. The van der Waals surface area contributed by atoms with Gasteiger partial charge in [0.2, 0.25) is 0 Å². The number of cyclic esters (lactones) is 1. The van der Waals surface area contributed by atoms with Crippen molar-refractivity contribution in [2.45, 2.75) is 85.9 Å². The first kappa shape index (κ1) is 23.8. The lowest BCUT2D eigenvalue weighted by Crippen LogP contribution is -2.50. The summed E-state index contributed by atoms with van der Waals surface area (Å²) in [5, 5.41) is 0. The molecule has 1 spiro atoms. The van der Waals surface area contributed by atoms with E-state index < -0.39 is 17.6 Å². The van der Waals surface area contributed by atoms with Crippen LogP contribution in [0.25, 0.3) is 0 Å². The Morgan fingerprint density at radius 3 is 2.45 bits per heavy atom. The lowest BCUT2D eigenvalue weighted by Gasteiger charge is -2.47. The lowest BCUT2D eigenvalue weighted by atomic mass is 9.61. The molecule has 31 heavy (non-hydrogen) atoms. The highest BCUT2D eigenvalue weighted by Crippen LogP contribution is 2.66. The normalized spacial score (nSPS) is 38.2. The Labute approximate surface area is 186 Å². The van der Waals surface area contributed by atoms with Crippen LogP contribution in [0.2, 0.25) is 0 Å². The Hall–Kier alpha value is -1.85. The molecule has 0 aromatic rings. The summed E-state index contributed by atoms with van der Waals surface area (Å²) in [6, 6.07) is 0. The van der Waals surface area contributed by atoms with Crippen LogP contribution >= 0.6 is 0 Å². The predicted molar refractivity (Wildman–Crippen MR) is 116 cm³/mol. The van der Waals surface area contributed by atoms with Crippen LogP contribution in [0, 0.1) is 34.5 Å². The van der Waals surface area contributed by atoms with Gasteiger partial charge in [0.15, 0.2) is 0 Å². The number of hydrogen-bond donors (Lipinski definition) is 0. The van der Waals surface area contributed by atoms with Gasteiger partial charge in [-0.3, -0.25) is 14.4 Å². The second kappa shape index (κ2) is 8.59. The minimum absolute atomic E-state index is 0.138. The molecule has 174 valence electrons. The molecule has 1 aliphatic heterocycles. The molecule has 6 heteroatoms. The Bertz CT molecular complexity index is 739. The molecule has 0 bridgehead atoms. The van der Waals surface area contributed by atoms with E-state index in [1.807, 2.05) is 27.7 Å². The summed E-state index contributed by atoms with van der Waals surface area (Å²) in [5.74, 6) is -0.985. The Morgan fingerprint density at radius 1 is 1.23 bits per heavy atom. The monoisotopic (exact) mass is 434 g/mol. The van der Waals surface area contributed by atoms with Gasteiger partial charge in [0.25, 0.3) is 0 Å². The molecule has 6 nitrogen and oxygen atoms in total. The fourth-order valence-corrected chi connectivity index (χ4v) is 5.85. The van der Waals surface area contributed by atoms with Gasteiger partial charge < -0.3 is 14.2 Å². The SMILES string of the molecule is C=C1COC(=O)[C@]12C[C@@]1(C)[C@H]([C@@H](OC(=O)C(C)CC)CC[C@@H]1C)[C@H]2OC(=O)CC(C)C. The van der Waals surface area contributed by atoms with Gasteiger partial charge in [0, 0.05) is 12.3 Å². The van der Waals surface area contributed by atoms with Crippen LogP contribution in [-0.2, 0) is 28.6 Å². The number of rotatable bonds is 6. The van der Waals surface area contributed by atoms with Crippen molar-refractivity contribution in [2.24, 2.45) is 34.5 Å². The van der Waals surface area contributed by atoms with E-state index in [-0.39, 0.29) is 60.0 Å². The standard InChI is InChI=1S/C25H38O6/c1-8-15(4)22(27)30-18-10-9-16(5)24(7)13-25(17(6)12-29-23(25)28)21(20(18)24)31-19(26)11-14(2)3/h14-16,18,20-21H,6,8-13H2,1-5,7H3/t15?,16-,18-,20+,21+,24+,25+/m0/s1. The molecule has 1 unspecified atom stereocenters. The second-order valence-electron chi connectivity index (χ2n) is 10.6. The number of esters is 3. The zero-order valence-electron chi connectivity index (χ0n) is 19.9. The van der Waals surface area contributed by atoms with Gasteiger partial charge in [-0.05, 0) is 48.5 Å². The van der Waals surface area contributed by atoms with Crippen molar-refractivity contribution < 1.29 is 28.6 Å². The first-order valence-corrected chi connectivity index (χ1v) is 11.7. The van der Waals surface area contributed by atoms with Gasteiger partial charge in [0.05, 0.1) is 5.92 Å². The Morgan fingerprint density at radius 2 is 1.90 bits per heavy atom. The molecule has 3 rings (SSSR count). The van der Waals surface area contributed by atoms with Crippen molar-refractivity contribution >= 4 is 17.9 Å². The van der Waals surface area contributed by atoms with E-state index in [1.165, 1.54) is 0 Å². The van der Waals surface area contributed by atoms with Crippen molar-refractivity contribution in [2.75, 3.05) is 6.61 Å². The minimum atomic E-state index is -1.06. The van der Waals surface area contributed by atoms with Crippen LogP contribution in [0.1, 0.15) is 73.6 Å². The topological polar surface area (TPSA) is 78.9 Å². The average Bonchev–Trinajstić information content (AvgIpc) is 3.13. The smallest absolute Gasteiger partial charge is 0.320 e. The van der Waals surface area contributed by atoms with Crippen molar-refractivity contribution in [3.8, 4) is 0 Å². The molecule has 0 N–H and O–H groups in total. The maximum atomic E-state index is 13.1. The van der Waals surface area contributed by atoms with E-state index in [2.05, 4.69) is 20.4 Å². The van der Waals surface area contributed by atoms with Gasteiger partial charge in [-0.25, -0.2) is 0 Å². The Balaban J connectivity index is 2.03. The predicted octanol–water partition coefficient (Wildman–Crippen LogP) is 4.46. The molecule has 7 atom stereocenters. The summed E-state index contributed by atoms with van der Waals surface area (Å²) in [6.07, 6.45) is 1.91. The number of ether oxygens (including phenoxy) is 3. The van der Waals surface area contributed by atoms with Crippen LogP contribution in [0.4, 0.5) is 0 Å². The molecule has 0 amide bonds. The summed E-state index contributed by atoms with van der Waals surface area (Å²) in [5.41, 5.74) is -0.742. The summed E-state index contributed by atoms with van der Waals surface area (Å²) < 4.78 is 17.5. The summed E-state index contributed by atoms with van der Waals surface area (Å²) in [7, 11) is 0. The average molecular weight is 435 g/mol. The number of carbonyl (C=O) groups is 3. The zero-order chi connectivity index (χ0) is 23.1. The third kappa shape index (κ3) is 3.91. The summed E-state index contributed by atoms with van der Waals surface area (Å²) in [4.78, 5) is 38.6. The van der Waals surface area contributed by atoms with Crippen LogP contribution in [0.15, 0.2) is 12.2 Å². The fraction of sp³-hybridized carbons (Fsp3) is 0.800. The summed E-state index contributed by atoms with van der Waals surface area (Å²) in [6.45, 7) is 16.3. The molecule has 3 fully saturated rings. The van der Waals surface area contributed by atoms with Gasteiger partial charge in [0.1, 0.15) is 24.2 Å². The maximum Gasteiger partial charge on any atom is 0.320 e. The van der Waals surface area contributed by atoms with Crippen molar-refractivity contribution in [1.82, 2.24) is 0 Å². The molecular formula is C25H38O6. The molecule has 0 radical (unpaired) electrons. The second-order valence-corrected chi connectivity index (χ2v) is 10.6. The molecule has 1 heterocycles. The van der Waals surface area contributed by atoms with Gasteiger partial charge in [-0.1, -0.05) is 48.1 Å². The van der Waals surface area contributed by atoms with E-state index >= 15 is 0 Å². The first-order chi connectivity index (χ1) is 14.5. The van der Waals surface area contributed by atoms with Crippen LogP contribution in [-0.4, -0.2) is 36.7 Å². The van der Waals surface area contributed by atoms with Gasteiger partial charge in [-0.2, -0.15) is 0 Å². The lowest BCUT2D eigenvalue weighted by molar-refractivity contribution is -0.178. The largest absolute Gasteiger partial charge is 0.462 e. The van der Waals surface area contributed by atoms with Crippen molar-refractivity contribution in [1.29, 1.82) is 0 Å². The maximum absolute atomic E-state index is 13.1. The molecule has 2 saturated carbocycles. The van der Waals surface area contributed by atoms with Crippen molar-refractivity contribution in [3.63, 3.8) is 0 Å². The highest BCUT2D eigenvalue weighted by Gasteiger charge is 2.72. The summed E-state index contributed by atoms with van der Waals surface area (Å²) >= 11 is 0. The molecule has 0 aromatic carbocycles. The Kier molecular flexibility index (Phi) is 6.60. The van der Waals surface area contributed by atoms with Gasteiger partial charge >= 0.3 is 17.9 Å². The molecule has 2 aliphatic carbocycles. The van der Waals surface area contributed by atoms with Crippen LogP contribution < -0.4 is 0 Å². The van der Waals surface area contributed by atoms with Crippen molar-refractivity contribution in [3.05, 3.63) is 12.2 Å². The number of fused-ring (bicyclic) bond motifs is 1. The van der Waals surface area contributed by atoms with E-state index in [0.717, 1.165) is 6.42 Å². The molecule has 3 aliphatic rings. The fourth-order valence-electron chi connectivity index (χ4n) is 5.85. The zero-order valence-corrected chi connectivity index (χ0v) is 19.9. The third-order valence-corrected chi connectivity index (χ3v) is 8.13. The highest BCUT2D eigenvalue weighted by atomic mass is 16.6. The van der Waals surface area contributed by atoms with Crippen LogP contribution in [0.5, 0.6) is 0 Å². The number of carbonyl (C=O) groups excluding carboxylic acids is 3. The van der Waals surface area contributed by atoms with E-state index in [0.29, 0.717) is 24.8 Å². The van der Waals surface area contributed by atoms with E-state index in [4.69, 9.17) is 14.2 Å². The van der Waals surface area contributed by atoms with E-state index in [1.54, 1.807) is 0 Å². The van der Waals surface area contributed by atoms with E-state index in [9.17, 15) is 14.4 Å². The highest BCUT2D eigenvalue weighted by molar-refractivity contribution is 5.86. The number of hydrogen-bond acceptors (Lipinski definition) is 6. The minimum Gasteiger partial charge on any atom is -0.462 e. The molecule has 0 aromatic heterocycles.